The fourth-order valence-corrected chi connectivity index (χ4v) is 7.01. The molecule has 1 aliphatic carbocycles. The summed E-state index contributed by atoms with van der Waals surface area (Å²) < 4.78 is 1.85. The number of aromatic nitrogens is 2. The number of fused-ring (bicyclic) bond motifs is 2. The number of nitrogens with zero attached hydrogens (tertiary/aromatic N) is 3. The number of amides is 2. The van der Waals surface area contributed by atoms with Gasteiger partial charge in [0.2, 0.25) is 0 Å². The van der Waals surface area contributed by atoms with Gasteiger partial charge in [0, 0.05) is 30.2 Å². The average molecular weight is 499 g/mol. The van der Waals surface area contributed by atoms with Gasteiger partial charge in [-0.05, 0) is 55.7 Å². The number of thiazole rings is 1. The Bertz CT molecular complexity index is 1450. The van der Waals surface area contributed by atoms with Crippen molar-refractivity contribution < 1.29 is 9.59 Å². The molecular formula is C29H30N4O2S. The van der Waals surface area contributed by atoms with E-state index in [2.05, 4.69) is 35.4 Å². The number of nitrogens with one attached hydrogen (secondary N) is 1. The zero-order chi connectivity index (χ0) is 24.8. The molecule has 6 rings (SSSR count). The minimum atomic E-state index is -0.132. The van der Waals surface area contributed by atoms with E-state index in [1.807, 2.05) is 58.1 Å². The fraction of sp³-hybridized carbons (Fsp3) is 0.345. The van der Waals surface area contributed by atoms with Gasteiger partial charge in [0.05, 0.1) is 11.7 Å². The zero-order valence-electron chi connectivity index (χ0n) is 20.6. The second-order valence-corrected chi connectivity index (χ2v) is 11.0. The number of rotatable bonds is 5. The monoisotopic (exact) mass is 498 g/mol. The van der Waals surface area contributed by atoms with E-state index in [0.29, 0.717) is 24.1 Å². The summed E-state index contributed by atoms with van der Waals surface area (Å²) in [5.41, 5.74) is 5.21. The van der Waals surface area contributed by atoms with Gasteiger partial charge in [-0.25, -0.2) is 4.98 Å². The van der Waals surface area contributed by atoms with Gasteiger partial charge >= 0.3 is 0 Å². The maximum absolute atomic E-state index is 14.0. The van der Waals surface area contributed by atoms with Gasteiger partial charge < -0.3 is 10.2 Å². The number of aryl methyl sites for hydroxylation is 2. The molecule has 3 heterocycles. The number of benzene rings is 2. The molecule has 0 unspecified atom stereocenters. The third-order valence-corrected chi connectivity index (χ3v) is 8.67. The third kappa shape index (κ3) is 3.91. The Balaban J connectivity index is 1.27. The first-order valence-corrected chi connectivity index (χ1v) is 13.6. The molecule has 3 atom stereocenters. The summed E-state index contributed by atoms with van der Waals surface area (Å²) in [4.78, 5) is 34.6. The van der Waals surface area contributed by atoms with Gasteiger partial charge in [0.1, 0.15) is 5.69 Å². The van der Waals surface area contributed by atoms with Crippen LogP contribution in [0, 0.1) is 25.7 Å². The number of hydrogen-bond acceptors (Lipinski definition) is 4. The molecule has 2 amide bonds. The molecule has 2 aromatic carbocycles. The van der Waals surface area contributed by atoms with Crippen molar-refractivity contribution in [2.75, 3.05) is 13.1 Å². The summed E-state index contributed by atoms with van der Waals surface area (Å²) in [6.45, 7) is 5.15. The van der Waals surface area contributed by atoms with E-state index in [4.69, 9.17) is 0 Å². The van der Waals surface area contributed by atoms with Crippen LogP contribution in [0.5, 0.6) is 0 Å². The van der Waals surface area contributed by atoms with E-state index in [-0.39, 0.29) is 17.9 Å². The lowest BCUT2D eigenvalue weighted by Gasteiger charge is -2.29. The highest BCUT2D eigenvalue weighted by Crippen LogP contribution is 2.43. The Morgan fingerprint density at radius 3 is 2.83 bits per heavy atom. The Kier molecular flexibility index (Phi) is 5.88. The normalized spacial score (nSPS) is 21.2. The van der Waals surface area contributed by atoms with Gasteiger partial charge in [-0.3, -0.25) is 14.0 Å². The van der Waals surface area contributed by atoms with Crippen LogP contribution in [0.25, 0.3) is 16.1 Å². The molecule has 2 aromatic heterocycles. The first-order valence-electron chi connectivity index (χ1n) is 12.7. The minimum Gasteiger partial charge on any atom is -0.349 e. The maximum Gasteiger partial charge on any atom is 0.270 e. The van der Waals surface area contributed by atoms with Crippen molar-refractivity contribution >= 4 is 28.1 Å². The van der Waals surface area contributed by atoms with E-state index in [1.54, 1.807) is 0 Å². The molecule has 0 bridgehead atoms. The summed E-state index contributed by atoms with van der Waals surface area (Å²) >= 11 is 1.52. The first-order chi connectivity index (χ1) is 17.5. The zero-order valence-corrected chi connectivity index (χ0v) is 21.4. The molecule has 4 aromatic rings. The van der Waals surface area contributed by atoms with Gasteiger partial charge in [0.15, 0.2) is 4.96 Å². The average Bonchev–Trinajstić information content (AvgIpc) is 3.64. The summed E-state index contributed by atoms with van der Waals surface area (Å²) in [6.07, 6.45) is 5.33. The Morgan fingerprint density at radius 1 is 1.11 bits per heavy atom. The second-order valence-electron chi connectivity index (χ2n) is 10.1. The van der Waals surface area contributed by atoms with Crippen LogP contribution in [-0.2, 0) is 0 Å². The van der Waals surface area contributed by atoms with Gasteiger partial charge in [-0.1, -0.05) is 54.4 Å². The fourth-order valence-electron chi connectivity index (χ4n) is 6.25. The van der Waals surface area contributed by atoms with E-state index in [1.165, 1.54) is 23.3 Å². The highest BCUT2D eigenvalue weighted by molar-refractivity contribution is 7.15. The number of imidazole rings is 1. The highest BCUT2D eigenvalue weighted by atomic mass is 32.1. The summed E-state index contributed by atoms with van der Waals surface area (Å²) in [6, 6.07) is 16.2. The van der Waals surface area contributed by atoms with E-state index < -0.39 is 0 Å². The lowest BCUT2D eigenvalue weighted by Crippen LogP contribution is -2.46. The minimum absolute atomic E-state index is 0.00860. The molecule has 2 fully saturated rings. The van der Waals surface area contributed by atoms with Crippen LogP contribution in [0.4, 0.5) is 0 Å². The van der Waals surface area contributed by atoms with Crippen molar-refractivity contribution in [2.24, 2.45) is 11.8 Å². The summed E-state index contributed by atoms with van der Waals surface area (Å²) in [7, 11) is 0. The van der Waals surface area contributed by atoms with E-state index in [0.717, 1.165) is 46.7 Å². The number of carbonyl (C=O) groups is 2. The lowest BCUT2D eigenvalue weighted by molar-refractivity contribution is 0.0701. The van der Waals surface area contributed by atoms with Gasteiger partial charge in [-0.15, -0.1) is 11.3 Å². The van der Waals surface area contributed by atoms with Crippen molar-refractivity contribution in [3.8, 4) is 11.1 Å². The molecule has 0 radical (unpaired) electrons. The molecule has 1 saturated heterocycles. The van der Waals surface area contributed by atoms with Gasteiger partial charge in [0.25, 0.3) is 11.8 Å². The molecule has 6 nitrogen and oxygen atoms in total. The maximum atomic E-state index is 14.0. The molecule has 7 heteroatoms. The molecule has 184 valence electrons. The van der Waals surface area contributed by atoms with Crippen LogP contribution < -0.4 is 5.32 Å². The van der Waals surface area contributed by atoms with Crippen LogP contribution >= 0.6 is 11.3 Å². The SMILES string of the molecule is Cc1cccc(-c2ccccc2C(=O)N2C[C@@H]3CCC[C@@H]3[C@H]2CNC(=O)c2c(C)nc3sccn23)c1. The largest absolute Gasteiger partial charge is 0.349 e. The Morgan fingerprint density at radius 2 is 1.97 bits per heavy atom. The van der Waals surface area contributed by atoms with Crippen molar-refractivity contribution in [2.45, 2.75) is 39.2 Å². The number of carbonyl (C=O) groups excluding carboxylic acids is 2. The van der Waals surface area contributed by atoms with Gasteiger partial charge in [-0.2, -0.15) is 0 Å². The number of likely N-dealkylation sites (tertiary alicyclic amines) is 1. The molecule has 2 aliphatic rings. The quantitative estimate of drug-likeness (QED) is 0.403. The molecule has 0 spiro atoms. The van der Waals surface area contributed by atoms with Crippen molar-refractivity contribution in [1.29, 1.82) is 0 Å². The second kappa shape index (κ2) is 9.21. The highest BCUT2D eigenvalue weighted by Gasteiger charge is 2.46. The van der Waals surface area contributed by atoms with Crippen LogP contribution in [0.15, 0.2) is 60.1 Å². The smallest absolute Gasteiger partial charge is 0.270 e. The van der Waals surface area contributed by atoms with Crippen molar-refractivity contribution in [3.05, 3.63) is 82.6 Å². The topological polar surface area (TPSA) is 66.7 Å². The Labute approximate surface area is 215 Å². The molecule has 1 N–H and O–H groups in total. The van der Waals surface area contributed by atoms with Crippen LogP contribution in [0.3, 0.4) is 0 Å². The summed E-state index contributed by atoms with van der Waals surface area (Å²) in [5, 5.41) is 5.10. The predicted octanol–water partition coefficient (Wildman–Crippen LogP) is 5.35. The standard InChI is InChI=1S/C29H30N4O2S/c1-18-7-5-8-20(15-18)22-10-3-4-11-24(22)28(35)33-17-21-9-6-12-23(21)25(33)16-30-27(34)26-19(2)31-29-32(26)13-14-36-29/h3-5,7-8,10-11,13-15,21,23,25H,6,9,12,16-17H2,1-2H3,(H,30,34)/t21-,23-,25+/m0/s1. The summed E-state index contributed by atoms with van der Waals surface area (Å²) in [5.74, 6) is 0.851. The molecule has 1 aliphatic heterocycles. The van der Waals surface area contributed by atoms with Crippen LogP contribution in [0.1, 0.15) is 51.4 Å². The Hall–Kier alpha value is -3.45. The molecule has 1 saturated carbocycles. The number of hydrogen-bond donors (Lipinski definition) is 1. The third-order valence-electron chi connectivity index (χ3n) is 7.91. The van der Waals surface area contributed by atoms with Crippen LogP contribution in [0.2, 0.25) is 0 Å². The van der Waals surface area contributed by atoms with Crippen LogP contribution in [-0.4, -0.2) is 45.2 Å². The van der Waals surface area contributed by atoms with Crippen molar-refractivity contribution in [1.82, 2.24) is 19.6 Å². The molecule has 36 heavy (non-hydrogen) atoms. The van der Waals surface area contributed by atoms with Crippen molar-refractivity contribution in [3.63, 3.8) is 0 Å². The van der Waals surface area contributed by atoms with E-state index in [9.17, 15) is 9.59 Å². The lowest BCUT2D eigenvalue weighted by atomic mass is 9.93. The first kappa shape index (κ1) is 23.0. The predicted molar refractivity (Wildman–Crippen MR) is 142 cm³/mol. The van der Waals surface area contributed by atoms with E-state index >= 15 is 0 Å². The molecular weight excluding hydrogens is 468 g/mol.